The molecule has 1 aromatic rings. The molecule has 0 spiro atoms. The Labute approximate surface area is 143 Å². The summed E-state index contributed by atoms with van der Waals surface area (Å²) in [5, 5.41) is 3.09. The predicted molar refractivity (Wildman–Crippen MR) is 95.0 cm³/mol. The van der Waals surface area contributed by atoms with Crippen molar-refractivity contribution in [3.05, 3.63) is 18.2 Å². The van der Waals surface area contributed by atoms with Crippen molar-refractivity contribution in [2.75, 3.05) is 31.7 Å². The Morgan fingerprint density at radius 2 is 1.92 bits per heavy atom. The maximum Gasteiger partial charge on any atom is 0.193 e. The number of nitrogens with one attached hydrogen (secondary N) is 1. The van der Waals surface area contributed by atoms with Gasteiger partial charge in [-0.2, -0.15) is 0 Å². The minimum Gasteiger partial charge on any atom is -0.490 e. The van der Waals surface area contributed by atoms with E-state index in [1.807, 2.05) is 18.2 Å². The maximum atomic E-state index is 5.94. The quantitative estimate of drug-likeness (QED) is 0.492. The monoisotopic (exact) mass is 333 g/mol. The molecule has 6 heteroatoms. The third-order valence-corrected chi connectivity index (χ3v) is 4.30. The van der Waals surface area contributed by atoms with Crippen LogP contribution < -0.4 is 20.5 Å². The number of aliphatic imine (C=N–C) groups is 1. The van der Waals surface area contributed by atoms with Gasteiger partial charge < -0.3 is 25.3 Å². The molecule has 3 N–H and O–H groups in total. The second-order valence-electron chi connectivity index (χ2n) is 6.23. The fourth-order valence-electron chi connectivity index (χ4n) is 3.05. The van der Waals surface area contributed by atoms with Gasteiger partial charge in [-0.1, -0.05) is 19.3 Å². The van der Waals surface area contributed by atoms with Crippen molar-refractivity contribution in [2.24, 2.45) is 10.7 Å². The zero-order valence-electron chi connectivity index (χ0n) is 14.1. The van der Waals surface area contributed by atoms with E-state index < -0.39 is 0 Å². The third-order valence-electron chi connectivity index (χ3n) is 4.30. The number of hydrogen-bond donors (Lipinski definition) is 2. The molecule has 0 radical (unpaired) electrons. The fourth-order valence-corrected chi connectivity index (χ4v) is 3.05. The van der Waals surface area contributed by atoms with Gasteiger partial charge in [0.2, 0.25) is 0 Å². The van der Waals surface area contributed by atoms with E-state index in [4.69, 9.17) is 19.9 Å². The summed E-state index contributed by atoms with van der Waals surface area (Å²) in [5.74, 6) is 1.90. The molecule has 0 aromatic heterocycles. The highest BCUT2D eigenvalue weighted by molar-refractivity contribution is 5.92. The molecular weight excluding hydrogens is 306 g/mol. The fraction of sp³-hybridized carbons (Fsp3) is 0.611. The van der Waals surface area contributed by atoms with Gasteiger partial charge in [0.05, 0.1) is 32.5 Å². The van der Waals surface area contributed by atoms with E-state index in [1.54, 1.807) is 0 Å². The number of hydrogen-bond acceptors (Lipinski definition) is 4. The lowest BCUT2D eigenvalue weighted by atomic mass is 9.98. The second kappa shape index (κ2) is 8.78. The van der Waals surface area contributed by atoms with Crippen LogP contribution in [0.15, 0.2) is 23.2 Å². The molecule has 6 nitrogen and oxygen atoms in total. The molecule has 2 aliphatic rings. The van der Waals surface area contributed by atoms with E-state index in [1.165, 1.54) is 32.1 Å². The first-order chi connectivity index (χ1) is 11.8. The second-order valence-corrected chi connectivity index (χ2v) is 6.23. The van der Waals surface area contributed by atoms with E-state index >= 15 is 0 Å². The first-order valence-corrected chi connectivity index (χ1v) is 8.89. The average Bonchev–Trinajstić information content (AvgIpc) is 2.84. The summed E-state index contributed by atoms with van der Waals surface area (Å²) in [6.07, 6.45) is 7.55. The molecule has 1 aliphatic carbocycles. The summed E-state index contributed by atoms with van der Waals surface area (Å²) < 4.78 is 17.1. The number of fused-ring (bicyclic) bond motifs is 1. The van der Waals surface area contributed by atoms with Crippen molar-refractivity contribution >= 4 is 11.6 Å². The summed E-state index contributed by atoms with van der Waals surface area (Å²) in [6, 6.07) is 5.69. The minimum absolute atomic E-state index is 0.386. The molecule has 1 saturated carbocycles. The first-order valence-electron chi connectivity index (χ1n) is 8.89. The van der Waals surface area contributed by atoms with Crippen LogP contribution in [0.5, 0.6) is 11.5 Å². The number of guanidine groups is 1. The van der Waals surface area contributed by atoms with Crippen molar-refractivity contribution in [1.82, 2.24) is 0 Å². The highest BCUT2D eigenvalue weighted by Crippen LogP contribution is 2.32. The molecule has 132 valence electrons. The van der Waals surface area contributed by atoms with Gasteiger partial charge >= 0.3 is 0 Å². The highest BCUT2D eigenvalue weighted by atomic mass is 16.5. The van der Waals surface area contributed by atoms with Gasteiger partial charge in [-0.25, -0.2) is 0 Å². The molecule has 1 aromatic carbocycles. The molecular formula is C18H27N3O3. The zero-order chi connectivity index (χ0) is 16.6. The van der Waals surface area contributed by atoms with Gasteiger partial charge in [0.25, 0.3) is 0 Å². The Kier molecular flexibility index (Phi) is 6.18. The van der Waals surface area contributed by atoms with E-state index in [0.29, 0.717) is 38.4 Å². The molecule has 0 atom stereocenters. The lowest BCUT2D eigenvalue weighted by Gasteiger charge is -2.21. The number of benzene rings is 1. The van der Waals surface area contributed by atoms with Gasteiger partial charge in [0, 0.05) is 18.2 Å². The normalized spacial score (nSPS) is 18.9. The largest absolute Gasteiger partial charge is 0.490 e. The summed E-state index contributed by atoms with van der Waals surface area (Å²) in [5.41, 5.74) is 6.78. The third kappa shape index (κ3) is 5.03. The van der Waals surface area contributed by atoms with Gasteiger partial charge in [-0.15, -0.1) is 0 Å². The van der Waals surface area contributed by atoms with Gasteiger partial charge in [-0.3, -0.25) is 4.99 Å². The Morgan fingerprint density at radius 3 is 2.75 bits per heavy atom. The van der Waals surface area contributed by atoms with Crippen molar-refractivity contribution in [1.29, 1.82) is 0 Å². The SMILES string of the molecule is NC(=NCCOC1CCCCC1)Nc1ccc2c(c1)OCCCO2. The summed E-state index contributed by atoms with van der Waals surface area (Å²) in [7, 11) is 0. The van der Waals surface area contributed by atoms with Gasteiger partial charge in [-0.05, 0) is 25.0 Å². The Bertz CT molecular complexity index is 556. The molecule has 0 amide bonds. The summed E-state index contributed by atoms with van der Waals surface area (Å²) in [4.78, 5) is 4.32. The number of nitrogens with two attached hydrogens (primary N) is 1. The molecule has 0 unspecified atom stereocenters. The highest BCUT2D eigenvalue weighted by Gasteiger charge is 2.13. The number of nitrogens with zero attached hydrogens (tertiary/aromatic N) is 1. The number of anilines is 1. The minimum atomic E-state index is 0.386. The molecule has 1 aliphatic heterocycles. The van der Waals surface area contributed by atoms with Crippen LogP contribution in [0.4, 0.5) is 5.69 Å². The van der Waals surface area contributed by atoms with E-state index in [-0.39, 0.29) is 0 Å². The topological polar surface area (TPSA) is 78.1 Å². The molecule has 0 bridgehead atoms. The average molecular weight is 333 g/mol. The standard InChI is InChI=1S/C18H27N3O3/c19-18(20-9-12-22-15-5-2-1-3-6-15)21-14-7-8-16-17(13-14)24-11-4-10-23-16/h7-8,13,15H,1-6,9-12H2,(H3,19,20,21). The molecule has 24 heavy (non-hydrogen) atoms. The Balaban J connectivity index is 1.45. The van der Waals surface area contributed by atoms with Crippen molar-refractivity contribution in [2.45, 2.75) is 44.6 Å². The molecule has 1 heterocycles. The first kappa shape index (κ1) is 16.9. The maximum absolute atomic E-state index is 5.94. The van der Waals surface area contributed by atoms with Crippen LogP contribution in [0, 0.1) is 0 Å². The van der Waals surface area contributed by atoms with Crippen molar-refractivity contribution < 1.29 is 14.2 Å². The van der Waals surface area contributed by atoms with E-state index in [0.717, 1.165) is 23.6 Å². The summed E-state index contributed by atoms with van der Waals surface area (Å²) >= 11 is 0. The van der Waals surface area contributed by atoms with Gasteiger partial charge in [0.1, 0.15) is 0 Å². The van der Waals surface area contributed by atoms with Crippen LogP contribution in [0.25, 0.3) is 0 Å². The Morgan fingerprint density at radius 1 is 1.12 bits per heavy atom. The lowest BCUT2D eigenvalue weighted by molar-refractivity contribution is 0.0335. The summed E-state index contributed by atoms with van der Waals surface area (Å²) in [6.45, 7) is 2.54. The number of rotatable bonds is 5. The van der Waals surface area contributed by atoms with Crippen LogP contribution in [0.3, 0.4) is 0 Å². The van der Waals surface area contributed by atoms with Crippen molar-refractivity contribution in [3.8, 4) is 11.5 Å². The van der Waals surface area contributed by atoms with E-state index in [9.17, 15) is 0 Å². The lowest BCUT2D eigenvalue weighted by Crippen LogP contribution is -2.24. The molecule has 0 saturated heterocycles. The molecule has 3 rings (SSSR count). The predicted octanol–water partition coefficient (Wildman–Crippen LogP) is 2.92. The van der Waals surface area contributed by atoms with Crippen molar-refractivity contribution in [3.63, 3.8) is 0 Å². The Hall–Kier alpha value is -1.95. The number of ether oxygens (including phenoxy) is 3. The smallest absolute Gasteiger partial charge is 0.193 e. The van der Waals surface area contributed by atoms with Crippen LogP contribution in [-0.2, 0) is 4.74 Å². The van der Waals surface area contributed by atoms with Crippen LogP contribution >= 0.6 is 0 Å². The van der Waals surface area contributed by atoms with Crippen LogP contribution in [0.2, 0.25) is 0 Å². The molecule has 1 fully saturated rings. The zero-order valence-corrected chi connectivity index (χ0v) is 14.1. The van der Waals surface area contributed by atoms with Crippen LogP contribution in [-0.4, -0.2) is 38.4 Å². The van der Waals surface area contributed by atoms with E-state index in [2.05, 4.69) is 10.3 Å². The van der Waals surface area contributed by atoms with Crippen LogP contribution in [0.1, 0.15) is 38.5 Å². The van der Waals surface area contributed by atoms with Gasteiger partial charge in [0.15, 0.2) is 17.5 Å².